The Balaban J connectivity index is 2.79. The number of rotatable bonds is 6. The molecule has 2 nitrogen and oxygen atoms in total. The zero-order valence-corrected chi connectivity index (χ0v) is 10.6. The molecular formula is C14H19FO2. The third-order valence-corrected chi connectivity index (χ3v) is 2.60. The van der Waals surface area contributed by atoms with Gasteiger partial charge in [0.15, 0.2) is 17.3 Å². The van der Waals surface area contributed by atoms with Gasteiger partial charge in [0.2, 0.25) is 0 Å². The number of carbonyl (C=O) groups is 1. The summed E-state index contributed by atoms with van der Waals surface area (Å²) in [6, 6.07) is 4.40. The average Bonchev–Trinajstić information content (AvgIpc) is 2.31. The molecule has 1 aromatic carbocycles. The lowest BCUT2D eigenvalue weighted by molar-refractivity contribution is 0.0987. The van der Waals surface area contributed by atoms with Crippen molar-refractivity contribution in [3.05, 3.63) is 29.6 Å². The topological polar surface area (TPSA) is 26.3 Å². The number of benzene rings is 1. The van der Waals surface area contributed by atoms with Crippen LogP contribution in [-0.4, -0.2) is 11.9 Å². The van der Waals surface area contributed by atoms with Crippen molar-refractivity contribution >= 4 is 5.78 Å². The van der Waals surface area contributed by atoms with E-state index in [0.29, 0.717) is 12.0 Å². The zero-order valence-electron chi connectivity index (χ0n) is 10.6. The van der Waals surface area contributed by atoms with E-state index in [1.54, 1.807) is 13.0 Å². The van der Waals surface area contributed by atoms with Crippen LogP contribution < -0.4 is 4.74 Å². The van der Waals surface area contributed by atoms with Gasteiger partial charge in [-0.2, -0.15) is 0 Å². The largest absolute Gasteiger partial charge is 0.488 e. The fourth-order valence-corrected chi connectivity index (χ4v) is 1.66. The Bertz CT molecular complexity index is 388. The van der Waals surface area contributed by atoms with Crippen molar-refractivity contribution in [2.75, 3.05) is 0 Å². The van der Waals surface area contributed by atoms with Crippen molar-refractivity contribution in [1.82, 2.24) is 0 Å². The van der Waals surface area contributed by atoms with Crippen LogP contribution in [0.15, 0.2) is 18.2 Å². The van der Waals surface area contributed by atoms with Gasteiger partial charge in [-0.05, 0) is 31.5 Å². The van der Waals surface area contributed by atoms with Gasteiger partial charge in [0.25, 0.3) is 0 Å². The molecule has 0 N–H and O–H groups in total. The van der Waals surface area contributed by atoms with Crippen LogP contribution in [0.3, 0.4) is 0 Å². The van der Waals surface area contributed by atoms with E-state index >= 15 is 0 Å². The minimum Gasteiger partial charge on any atom is -0.488 e. The average molecular weight is 238 g/mol. The molecule has 0 aromatic heterocycles. The molecule has 1 rings (SSSR count). The van der Waals surface area contributed by atoms with Gasteiger partial charge in [-0.25, -0.2) is 4.39 Å². The molecule has 0 bridgehead atoms. The summed E-state index contributed by atoms with van der Waals surface area (Å²) in [6.45, 7) is 5.72. The number of Topliss-reactive ketones (excluding diaryl/α,β-unsaturated/α-hetero) is 1. The Labute approximate surface area is 102 Å². The fourth-order valence-electron chi connectivity index (χ4n) is 1.66. The summed E-state index contributed by atoms with van der Waals surface area (Å²) in [5, 5.41) is 0. The van der Waals surface area contributed by atoms with Crippen LogP contribution >= 0.6 is 0 Å². The molecule has 0 saturated heterocycles. The number of ketones is 1. The van der Waals surface area contributed by atoms with Crippen molar-refractivity contribution in [3.63, 3.8) is 0 Å². The first-order valence-electron chi connectivity index (χ1n) is 6.07. The van der Waals surface area contributed by atoms with Crippen molar-refractivity contribution in [2.45, 2.75) is 46.1 Å². The number of ether oxygens (including phenoxy) is 1. The Kier molecular flexibility index (Phi) is 5.13. The maximum Gasteiger partial charge on any atom is 0.165 e. The van der Waals surface area contributed by atoms with Crippen LogP contribution in [0, 0.1) is 5.82 Å². The van der Waals surface area contributed by atoms with Gasteiger partial charge >= 0.3 is 0 Å². The highest BCUT2D eigenvalue weighted by molar-refractivity contribution is 5.95. The van der Waals surface area contributed by atoms with E-state index in [2.05, 4.69) is 6.92 Å². The first-order chi connectivity index (χ1) is 8.08. The molecule has 1 atom stereocenters. The van der Waals surface area contributed by atoms with E-state index in [1.165, 1.54) is 12.1 Å². The number of carbonyl (C=O) groups excluding carboxylic acids is 1. The minimum absolute atomic E-state index is 0.0118. The van der Waals surface area contributed by atoms with Crippen LogP contribution in [0.4, 0.5) is 4.39 Å². The molecule has 0 spiro atoms. The van der Waals surface area contributed by atoms with Gasteiger partial charge in [0.1, 0.15) is 0 Å². The second-order valence-electron chi connectivity index (χ2n) is 4.14. The molecule has 1 unspecified atom stereocenters. The highest BCUT2D eigenvalue weighted by Crippen LogP contribution is 2.21. The second kappa shape index (κ2) is 6.38. The molecule has 0 radical (unpaired) electrons. The Morgan fingerprint density at radius 3 is 2.65 bits per heavy atom. The highest BCUT2D eigenvalue weighted by Gasteiger charge is 2.11. The summed E-state index contributed by atoms with van der Waals surface area (Å²) in [5.41, 5.74) is 0.403. The first kappa shape index (κ1) is 13.7. The monoisotopic (exact) mass is 238 g/mol. The summed E-state index contributed by atoms with van der Waals surface area (Å²) in [6.07, 6.45) is 2.25. The van der Waals surface area contributed by atoms with Crippen LogP contribution in [0.2, 0.25) is 0 Å². The van der Waals surface area contributed by atoms with E-state index in [9.17, 15) is 9.18 Å². The molecule has 0 aliphatic heterocycles. The molecule has 17 heavy (non-hydrogen) atoms. The van der Waals surface area contributed by atoms with E-state index in [0.717, 1.165) is 12.8 Å². The molecule has 0 heterocycles. The Morgan fingerprint density at radius 1 is 1.41 bits per heavy atom. The maximum absolute atomic E-state index is 13.7. The van der Waals surface area contributed by atoms with E-state index in [1.807, 2.05) is 6.92 Å². The maximum atomic E-state index is 13.7. The standard InChI is InChI=1S/C14H19FO2/c1-4-6-10(3)17-14-8-7-11(9-12(14)15)13(16)5-2/h7-10H,4-6H2,1-3H3. The van der Waals surface area contributed by atoms with Crippen molar-refractivity contribution in [1.29, 1.82) is 0 Å². The Hall–Kier alpha value is -1.38. The third-order valence-electron chi connectivity index (χ3n) is 2.60. The van der Waals surface area contributed by atoms with Gasteiger partial charge in [-0.3, -0.25) is 4.79 Å². The normalized spacial score (nSPS) is 12.2. The molecule has 0 aliphatic rings. The lowest BCUT2D eigenvalue weighted by Crippen LogP contribution is -2.12. The van der Waals surface area contributed by atoms with Gasteiger partial charge in [0, 0.05) is 12.0 Å². The molecule has 0 amide bonds. The zero-order chi connectivity index (χ0) is 12.8. The lowest BCUT2D eigenvalue weighted by atomic mass is 10.1. The van der Waals surface area contributed by atoms with E-state index in [-0.39, 0.29) is 17.6 Å². The predicted octanol–water partition coefficient (Wildman–Crippen LogP) is 3.99. The van der Waals surface area contributed by atoms with Crippen molar-refractivity contribution in [2.24, 2.45) is 0 Å². The number of hydrogen-bond acceptors (Lipinski definition) is 2. The molecular weight excluding hydrogens is 219 g/mol. The summed E-state index contributed by atoms with van der Waals surface area (Å²) >= 11 is 0. The van der Waals surface area contributed by atoms with Crippen molar-refractivity contribution in [3.8, 4) is 5.75 Å². The van der Waals surface area contributed by atoms with Gasteiger partial charge < -0.3 is 4.74 Å². The highest BCUT2D eigenvalue weighted by atomic mass is 19.1. The summed E-state index contributed by atoms with van der Waals surface area (Å²) in [4.78, 5) is 11.4. The number of halogens is 1. The summed E-state index contributed by atoms with van der Waals surface area (Å²) in [7, 11) is 0. The van der Waals surface area contributed by atoms with Gasteiger partial charge in [0.05, 0.1) is 6.10 Å². The van der Waals surface area contributed by atoms with Crippen LogP contribution in [-0.2, 0) is 0 Å². The summed E-state index contributed by atoms with van der Waals surface area (Å²) < 4.78 is 19.1. The second-order valence-corrected chi connectivity index (χ2v) is 4.14. The molecule has 94 valence electrons. The molecule has 0 saturated carbocycles. The molecule has 1 aromatic rings. The third kappa shape index (κ3) is 3.84. The van der Waals surface area contributed by atoms with Gasteiger partial charge in [-0.1, -0.05) is 20.3 Å². The van der Waals surface area contributed by atoms with E-state index < -0.39 is 5.82 Å². The van der Waals surface area contributed by atoms with Crippen molar-refractivity contribution < 1.29 is 13.9 Å². The number of hydrogen-bond donors (Lipinski definition) is 0. The summed E-state index contributed by atoms with van der Waals surface area (Å²) in [5.74, 6) is -0.303. The molecule has 0 aliphatic carbocycles. The fraction of sp³-hybridized carbons (Fsp3) is 0.500. The quantitative estimate of drug-likeness (QED) is 0.700. The van der Waals surface area contributed by atoms with Crippen LogP contribution in [0.25, 0.3) is 0 Å². The predicted molar refractivity (Wildman–Crippen MR) is 66.0 cm³/mol. The van der Waals surface area contributed by atoms with Gasteiger partial charge in [-0.15, -0.1) is 0 Å². The van der Waals surface area contributed by atoms with Crippen LogP contribution in [0.5, 0.6) is 5.75 Å². The lowest BCUT2D eigenvalue weighted by Gasteiger charge is -2.14. The Morgan fingerprint density at radius 2 is 2.12 bits per heavy atom. The molecule has 3 heteroatoms. The van der Waals surface area contributed by atoms with E-state index in [4.69, 9.17) is 4.74 Å². The SMILES string of the molecule is CCCC(C)Oc1ccc(C(=O)CC)cc1F. The first-order valence-corrected chi connectivity index (χ1v) is 6.07. The van der Waals surface area contributed by atoms with Crippen LogP contribution in [0.1, 0.15) is 50.4 Å². The smallest absolute Gasteiger partial charge is 0.165 e. The molecule has 0 fully saturated rings. The minimum atomic E-state index is -0.466.